The summed E-state index contributed by atoms with van der Waals surface area (Å²) in [6, 6.07) is 0. The van der Waals surface area contributed by atoms with E-state index in [-0.39, 0.29) is 44.3 Å². The lowest BCUT2D eigenvalue weighted by Gasteiger charge is -2.62. The molecule has 0 bridgehead atoms. The Labute approximate surface area is 207 Å². The lowest BCUT2D eigenvalue weighted by Crippen LogP contribution is -2.66. The maximum absolute atomic E-state index is 13.3. The molecule has 0 radical (unpaired) electrons. The highest BCUT2D eigenvalue weighted by atomic mass is 16.3. The van der Waals surface area contributed by atoms with E-state index < -0.39 is 69.8 Å². The van der Waals surface area contributed by atoms with Crippen LogP contribution in [0.15, 0.2) is 11.6 Å². The summed E-state index contributed by atoms with van der Waals surface area (Å²) >= 11 is 0. The molecule has 0 unspecified atom stereocenters. The quantitative estimate of drug-likeness (QED) is 0.295. The van der Waals surface area contributed by atoms with E-state index in [1.807, 2.05) is 13.8 Å². The second kappa shape index (κ2) is 8.32. The predicted octanol–water partition coefficient (Wildman–Crippen LogP) is 0.825. The van der Waals surface area contributed by atoms with Crippen LogP contribution in [0.4, 0.5) is 0 Å². The van der Waals surface area contributed by atoms with Gasteiger partial charge in [-0.15, -0.1) is 0 Å². The van der Waals surface area contributed by atoms with E-state index in [4.69, 9.17) is 0 Å². The molecule has 200 valence electrons. The molecule has 35 heavy (non-hydrogen) atoms. The van der Waals surface area contributed by atoms with Crippen molar-refractivity contribution in [1.29, 1.82) is 0 Å². The number of allylic oxidation sites excluding steroid dienone is 1. The molecular formula is C27H44O8. The third-order valence-corrected chi connectivity index (χ3v) is 10.5. The smallest absolute Gasteiger partial charge is 0.159 e. The summed E-state index contributed by atoms with van der Waals surface area (Å²) in [6.07, 6.45) is -1.08. The number of rotatable bonds is 5. The maximum Gasteiger partial charge on any atom is 0.159 e. The van der Waals surface area contributed by atoms with Crippen molar-refractivity contribution in [3.8, 4) is 0 Å². The Bertz CT molecular complexity index is 892. The second-order valence-electron chi connectivity index (χ2n) is 13.3. The van der Waals surface area contributed by atoms with E-state index in [9.17, 15) is 40.5 Å². The summed E-state index contributed by atoms with van der Waals surface area (Å²) in [5.41, 5.74) is -5.42. The molecule has 0 spiro atoms. The molecule has 0 heterocycles. The summed E-state index contributed by atoms with van der Waals surface area (Å²) in [7, 11) is 0. The summed E-state index contributed by atoms with van der Waals surface area (Å²) < 4.78 is 0. The van der Waals surface area contributed by atoms with Crippen molar-refractivity contribution in [1.82, 2.24) is 0 Å². The standard InChI is InChI=1S/C27H44O8/c1-23(2,33)8-7-21(32)26(5,34)20-6-9-27(35)15-11-16(28)14-10-17(29)18(30)12-24(14,3)22(15)19(31)13-25(20,27)4/h11,14,17-22,29-35H,6-10,12-13H2,1-5H3/t14-,17-,18+,19-,20-,21+,22+,24-,25+,26+,27+/m0/s1. The minimum Gasteiger partial charge on any atom is -0.392 e. The Hall–Kier alpha value is -0.870. The fourth-order valence-corrected chi connectivity index (χ4v) is 8.44. The van der Waals surface area contributed by atoms with Crippen molar-refractivity contribution in [3.05, 3.63) is 11.6 Å². The molecule has 8 heteroatoms. The molecular weight excluding hydrogens is 452 g/mol. The van der Waals surface area contributed by atoms with Crippen LogP contribution >= 0.6 is 0 Å². The molecule has 0 aromatic carbocycles. The summed E-state index contributed by atoms with van der Waals surface area (Å²) in [4.78, 5) is 13.3. The van der Waals surface area contributed by atoms with Gasteiger partial charge in [0, 0.05) is 17.3 Å². The van der Waals surface area contributed by atoms with Gasteiger partial charge in [0.05, 0.1) is 41.2 Å². The molecule has 0 aliphatic heterocycles. The molecule has 4 rings (SSSR count). The first-order valence-corrected chi connectivity index (χ1v) is 13.0. The molecule has 7 N–H and O–H groups in total. The van der Waals surface area contributed by atoms with Crippen LogP contribution in [0.1, 0.15) is 79.6 Å². The van der Waals surface area contributed by atoms with Crippen LogP contribution in [0, 0.1) is 28.6 Å². The monoisotopic (exact) mass is 496 g/mol. The van der Waals surface area contributed by atoms with E-state index in [1.54, 1.807) is 20.8 Å². The van der Waals surface area contributed by atoms with Crippen LogP contribution in [0.2, 0.25) is 0 Å². The van der Waals surface area contributed by atoms with Gasteiger partial charge in [0.1, 0.15) is 0 Å². The normalized spacial score (nSPS) is 48.3. The molecule has 0 aromatic rings. The summed E-state index contributed by atoms with van der Waals surface area (Å²) in [6.45, 7) is 8.52. The Morgan fingerprint density at radius 1 is 1.06 bits per heavy atom. The zero-order chi connectivity index (χ0) is 26.4. The summed E-state index contributed by atoms with van der Waals surface area (Å²) in [5, 5.41) is 77.0. The molecule has 0 aromatic heterocycles. The van der Waals surface area contributed by atoms with Gasteiger partial charge < -0.3 is 35.7 Å². The van der Waals surface area contributed by atoms with E-state index in [2.05, 4.69) is 0 Å². The zero-order valence-corrected chi connectivity index (χ0v) is 21.6. The number of carbonyl (C=O) groups is 1. The van der Waals surface area contributed by atoms with Crippen LogP contribution in [0.5, 0.6) is 0 Å². The third-order valence-electron chi connectivity index (χ3n) is 10.5. The van der Waals surface area contributed by atoms with E-state index in [0.717, 1.165) is 0 Å². The van der Waals surface area contributed by atoms with E-state index in [0.29, 0.717) is 12.0 Å². The van der Waals surface area contributed by atoms with Gasteiger partial charge in [-0.05, 0) is 88.7 Å². The number of aliphatic hydroxyl groups is 7. The zero-order valence-electron chi connectivity index (χ0n) is 21.6. The Morgan fingerprint density at radius 3 is 2.29 bits per heavy atom. The lowest BCUT2D eigenvalue weighted by atomic mass is 9.45. The molecule has 3 fully saturated rings. The molecule has 0 amide bonds. The molecule has 4 aliphatic rings. The topological polar surface area (TPSA) is 159 Å². The van der Waals surface area contributed by atoms with Gasteiger partial charge in [0.25, 0.3) is 0 Å². The summed E-state index contributed by atoms with van der Waals surface area (Å²) in [5.74, 6) is -1.89. The lowest BCUT2D eigenvalue weighted by molar-refractivity contribution is -0.197. The molecule has 0 saturated heterocycles. The highest BCUT2D eigenvalue weighted by Gasteiger charge is 2.71. The number of hydrogen-bond donors (Lipinski definition) is 7. The molecule has 11 atom stereocenters. The average molecular weight is 497 g/mol. The number of fused-ring (bicyclic) bond motifs is 5. The van der Waals surface area contributed by atoms with Gasteiger partial charge in [0.2, 0.25) is 0 Å². The van der Waals surface area contributed by atoms with Crippen molar-refractivity contribution >= 4 is 5.78 Å². The number of carbonyl (C=O) groups excluding carboxylic acids is 1. The molecule has 4 aliphatic carbocycles. The van der Waals surface area contributed by atoms with Gasteiger partial charge in [0.15, 0.2) is 5.78 Å². The van der Waals surface area contributed by atoms with Crippen molar-refractivity contribution in [2.45, 2.75) is 121 Å². The third kappa shape index (κ3) is 3.95. The first-order chi connectivity index (χ1) is 15.9. The van der Waals surface area contributed by atoms with Crippen molar-refractivity contribution in [3.63, 3.8) is 0 Å². The predicted molar refractivity (Wildman–Crippen MR) is 128 cm³/mol. The van der Waals surface area contributed by atoms with Gasteiger partial charge in [-0.25, -0.2) is 0 Å². The van der Waals surface area contributed by atoms with Gasteiger partial charge in [-0.3, -0.25) is 4.79 Å². The first kappa shape index (κ1) is 27.2. The highest BCUT2D eigenvalue weighted by molar-refractivity contribution is 5.95. The number of ketones is 1. The fraction of sp³-hybridized carbons (Fsp3) is 0.889. The largest absolute Gasteiger partial charge is 0.392 e. The van der Waals surface area contributed by atoms with Gasteiger partial charge >= 0.3 is 0 Å². The van der Waals surface area contributed by atoms with E-state index >= 15 is 0 Å². The first-order valence-electron chi connectivity index (χ1n) is 13.0. The Kier molecular flexibility index (Phi) is 6.46. The van der Waals surface area contributed by atoms with Gasteiger partial charge in [-0.1, -0.05) is 13.8 Å². The minimum absolute atomic E-state index is 0.115. The van der Waals surface area contributed by atoms with Crippen LogP contribution in [0.3, 0.4) is 0 Å². The fourth-order valence-electron chi connectivity index (χ4n) is 8.44. The molecule has 8 nitrogen and oxygen atoms in total. The number of hydrogen-bond acceptors (Lipinski definition) is 8. The van der Waals surface area contributed by atoms with Gasteiger partial charge in [-0.2, -0.15) is 0 Å². The minimum atomic E-state index is -1.59. The SMILES string of the molecule is CC(C)(O)CC[C@@H](O)[C@](C)(O)[C@H]1CC[C@@]2(O)C3=CC(=O)[C@@H]4C[C@H](O)[C@H](O)C[C@]4(C)[C@H]3[C@@H](O)C[C@]12C. The Morgan fingerprint density at radius 2 is 1.69 bits per heavy atom. The van der Waals surface area contributed by atoms with Crippen molar-refractivity contribution in [2.75, 3.05) is 0 Å². The van der Waals surface area contributed by atoms with Crippen LogP contribution in [0.25, 0.3) is 0 Å². The van der Waals surface area contributed by atoms with E-state index in [1.165, 1.54) is 6.08 Å². The Balaban J connectivity index is 1.71. The average Bonchev–Trinajstić information content (AvgIpc) is 2.99. The second-order valence-corrected chi connectivity index (χ2v) is 13.3. The van der Waals surface area contributed by atoms with Crippen molar-refractivity contribution < 1.29 is 40.5 Å². The number of aliphatic hydroxyl groups excluding tert-OH is 4. The molecule has 3 saturated carbocycles. The highest BCUT2D eigenvalue weighted by Crippen LogP contribution is 2.68. The van der Waals surface area contributed by atoms with Crippen LogP contribution in [-0.2, 0) is 4.79 Å². The van der Waals surface area contributed by atoms with Crippen LogP contribution < -0.4 is 0 Å². The van der Waals surface area contributed by atoms with Crippen molar-refractivity contribution in [2.24, 2.45) is 28.6 Å². The maximum atomic E-state index is 13.3. The van der Waals surface area contributed by atoms with Crippen LogP contribution in [-0.4, -0.2) is 82.7 Å².